The van der Waals surface area contributed by atoms with E-state index in [9.17, 15) is 14.4 Å². The van der Waals surface area contributed by atoms with Crippen LogP contribution in [0.5, 0.6) is 5.75 Å². The van der Waals surface area contributed by atoms with E-state index in [0.29, 0.717) is 23.9 Å². The van der Waals surface area contributed by atoms with E-state index in [0.717, 1.165) is 56.9 Å². The molecule has 0 aromatic carbocycles. The highest BCUT2D eigenvalue weighted by Crippen LogP contribution is 2.43. The molecule has 0 spiro atoms. The van der Waals surface area contributed by atoms with Gasteiger partial charge in [-0.2, -0.15) is 0 Å². The molecule has 2 fully saturated rings. The van der Waals surface area contributed by atoms with E-state index < -0.39 is 29.1 Å². The van der Waals surface area contributed by atoms with Gasteiger partial charge in [0.05, 0.1) is 36.8 Å². The molecule has 4 rings (SSSR count). The summed E-state index contributed by atoms with van der Waals surface area (Å²) in [6, 6.07) is -0.652. The van der Waals surface area contributed by atoms with Gasteiger partial charge in [-0.15, -0.1) is 0 Å². The molecule has 40 heavy (non-hydrogen) atoms. The van der Waals surface area contributed by atoms with Crippen molar-refractivity contribution in [3.8, 4) is 5.75 Å². The van der Waals surface area contributed by atoms with Gasteiger partial charge in [0.25, 0.3) is 0 Å². The minimum atomic E-state index is -0.652. The predicted molar refractivity (Wildman–Crippen MR) is 152 cm³/mol. The molecule has 2 aliphatic heterocycles. The lowest BCUT2D eigenvalue weighted by atomic mass is 9.77. The van der Waals surface area contributed by atoms with Crippen molar-refractivity contribution in [3.05, 3.63) is 23.9 Å². The van der Waals surface area contributed by atoms with Gasteiger partial charge in [0.1, 0.15) is 18.0 Å². The topological polar surface area (TPSA) is 125 Å². The molecular formula is C31H46N4O5. The molecule has 1 amide bonds. The highest BCUT2D eigenvalue weighted by Gasteiger charge is 2.48. The van der Waals surface area contributed by atoms with Gasteiger partial charge < -0.3 is 24.9 Å². The quantitative estimate of drug-likeness (QED) is 0.419. The summed E-state index contributed by atoms with van der Waals surface area (Å²) in [5.74, 6) is -0.0229. The molecule has 1 aromatic heterocycles. The number of fused-ring (bicyclic) bond motifs is 4. The number of hydrogen-bond donors (Lipinski definition) is 1. The van der Waals surface area contributed by atoms with Gasteiger partial charge in [0.2, 0.25) is 5.91 Å². The lowest BCUT2D eigenvalue weighted by molar-refractivity contribution is -0.167. The van der Waals surface area contributed by atoms with E-state index in [4.69, 9.17) is 20.2 Å². The standard InChI is InChI=1S/C31H46N4O5/c1-20-24(19-36)35-18-26(20)39-25-17-33-27(13-15-32)34-23(25)12-8-6-7-10-21-11-9-14-31(21,5)40-28(37)16-22(29(35)38)30(2,3)4/h13,15,17,19-22,24,26H,6-12,14,16,18,32H2,1-5H3/t20-,21+,22+,24+,26-,31+/m0/s1. The van der Waals surface area contributed by atoms with Crippen molar-refractivity contribution in [1.82, 2.24) is 14.9 Å². The summed E-state index contributed by atoms with van der Waals surface area (Å²) < 4.78 is 12.6. The van der Waals surface area contributed by atoms with Gasteiger partial charge in [-0.1, -0.05) is 40.5 Å². The number of hydrogen-bond acceptors (Lipinski definition) is 8. The SMILES string of the molecule is C[C@@H]1[C@@H]2CN(C(=O)[C@H](C(C)(C)C)CC(=O)O[C@]3(C)CCC[C@H]3CCCCCc3nc(C=CN)ncc3O2)[C@@H]1C=O. The second kappa shape index (κ2) is 12.3. The van der Waals surface area contributed by atoms with Gasteiger partial charge in [-0.05, 0) is 69.1 Å². The van der Waals surface area contributed by atoms with Crippen molar-refractivity contribution in [2.24, 2.45) is 28.9 Å². The first kappa shape index (κ1) is 30.0. The lowest BCUT2D eigenvalue weighted by Gasteiger charge is -2.36. The van der Waals surface area contributed by atoms with Crippen molar-refractivity contribution >= 4 is 24.2 Å². The van der Waals surface area contributed by atoms with Crippen LogP contribution in [0.15, 0.2) is 12.4 Å². The maximum Gasteiger partial charge on any atom is 0.307 e. The number of ether oxygens (including phenoxy) is 2. The maximum atomic E-state index is 14.0. The van der Waals surface area contributed by atoms with Crippen molar-refractivity contribution in [2.45, 2.75) is 110 Å². The summed E-state index contributed by atoms with van der Waals surface area (Å²) in [4.78, 5) is 50.3. The minimum Gasteiger partial charge on any atom is -0.485 e. The van der Waals surface area contributed by atoms with E-state index in [1.165, 1.54) is 6.20 Å². The van der Waals surface area contributed by atoms with Crippen LogP contribution in [-0.4, -0.2) is 57.3 Å². The molecule has 9 heteroatoms. The number of amides is 1. The van der Waals surface area contributed by atoms with Gasteiger partial charge in [-0.3, -0.25) is 9.59 Å². The summed E-state index contributed by atoms with van der Waals surface area (Å²) in [7, 11) is 0. The van der Waals surface area contributed by atoms with E-state index >= 15 is 0 Å². The number of carbonyl (C=O) groups is 3. The zero-order chi connectivity index (χ0) is 29.1. The lowest BCUT2D eigenvalue weighted by Crippen LogP contribution is -2.47. The van der Waals surface area contributed by atoms with Gasteiger partial charge in [-0.25, -0.2) is 9.97 Å². The number of nitrogens with zero attached hydrogens (tertiary/aromatic N) is 3. The van der Waals surface area contributed by atoms with Crippen molar-refractivity contribution in [1.29, 1.82) is 0 Å². The summed E-state index contributed by atoms with van der Waals surface area (Å²) in [5.41, 5.74) is 5.37. The Morgan fingerprint density at radius 1 is 1.15 bits per heavy atom. The highest BCUT2D eigenvalue weighted by molar-refractivity contribution is 5.87. The van der Waals surface area contributed by atoms with Crippen LogP contribution in [0.2, 0.25) is 0 Å². The third-order valence-electron chi connectivity index (χ3n) is 9.27. The molecule has 0 radical (unpaired) electrons. The molecule has 2 bridgehead atoms. The van der Waals surface area contributed by atoms with Gasteiger partial charge in [0, 0.05) is 5.92 Å². The predicted octanol–water partition coefficient (Wildman–Crippen LogP) is 4.47. The van der Waals surface area contributed by atoms with Crippen LogP contribution < -0.4 is 10.5 Å². The minimum absolute atomic E-state index is 0.0132. The largest absolute Gasteiger partial charge is 0.485 e. The number of aromatic nitrogens is 2. The molecule has 1 aromatic rings. The Hall–Kier alpha value is -2.97. The molecular weight excluding hydrogens is 508 g/mol. The molecule has 6 atom stereocenters. The normalized spacial score (nSPS) is 32.5. The Morgan fingerprint density at radius 2 is 1.90 bits per heavy atom. The van der Waals surface area contributed by atoms with Crippen LogP contribution in [0, 0.1) is 23.2 Å². The monoisotopic (exact) mass is 554 g/mol. The third kappa shape index (κ3) is 6.50. The zero-order valence-corrected chi connectivity index (χ0v) is 24.7. The molecule has 1 saturated heterocycles. The summed E-state index contributed by atoms with van der Waals surface area (Å²) in [6.45, 7) is 10.1. The molecule has 2 N–H and O–H groups in total. The van der Waals surface area contributed by atoms with Crippen LogP contribution >= 0.6 is 0 Å². The van der Waals surface area contributed by atoms with Crippen molar-refractivity contribution in [2.75, 3.05) is 6.54 Å². The molecule has 0 unspecified atom stereocenters. The van der Waals surface area contributed by atoms with Crippen LogP contribution in [0.3, 0.4) is 0 Å². The van der Waals surface area contributed by atoms with Crippen LogP contribution in [0.1, 0.15) is 97.5 Å². The Bertz CT molecular complexity index is 1120. The van der Waals surface area contributed by atoms with Crippen molar-refractivity contribution < 1.29 is 23.9 Å². The van der Waals surface area contributed by atoms with Crippen LogP contribution in [-0.2, 0) is 25.5 Å². The first-order chi connectivity index (χ1) is 19.0. The number of nitrogens with two attached hydrogens (primary N) is 1. The number of carbonyl (C=O) groups excluding carboxylic acids is 3. The molecule has 3 aliphatic rings. The summed E-state index contributed by atoms with van der Waals surface area (Å²) in [6.07, 6.45) is 12.7. The van der Waals surface area contributed by atoms with Crippen LogP contribution in [0.25, 0.3) is 6.08 Å². The Labute approximate surface area is 238 Å². The first-order valence-electron chi connectivity index (χ1n) is 14.9. The number of rotatable bonds is 2. The summed E-state index contributed by atoms with van der Waals surface area (Å²) >= 11 is 0. The number of aldehydes is 1. The fraction of sp³-hybridized carbons (Fsp3) is 0.710. The van der Waals surface area contributed by atoms with Crippen LogP contribution in [0.4, 0.5) is 0 Å². The van der Waals surface area contributed by atoms with E-state index in [1.807, 2.05) is 27.7 Å². The van der Waals surface area contributed by atoms with E-state index in [-0.39, 0.29) is 30.8 Å². The molecule has 1 aliphatic carbocycles. The molecule has 220 valence electrons. The second-order valence-corrected chi connectivity index (χ2v) is 13.1. The molecule has 3 heterocycles. The molecule has 9 nitrogen and oxygen atoms in total. The highest BCUT2D eigenvalue weighted by atomic mass is 16.6. The van der Waals surface area contributed by atoms with E-state index in [1.54, 1.807) is 17.2 Å². The van der Waals surface area contributed by atoms with Crippen molar-refractivity contribution in [3.63, 3.8) is 0 Å². The smallest absolute Gasteiger partial charge is 0.307 e. The third-order valence-corrected chi connectivity index (χ3v) is 9.27. The molecule has 1 saturated carbocycles. The average Bonchev–Trinajstić information content (AvgIpc) is 3.40. The Morgan fingerprint density at radius 3 is 2.60 bits per heavy atom. The first-order valence-corrected chi connectivity index (χ1v) is 14.9. The van der Waals surface area contributed by atoms with E-state index in [2.05, 4.69) is 11.9 Å². The summed E-state index contributed by atoms with van der Waals surface area (Å²) in [5, 5.41) is 0. The maximum absolute atomic E-state index is 14.0. The zero-order valence-electron chi connectivity index (χ0n) is 24.7. The Kier molecular flexibility index (Phi) is 9.20. The average molecular weight is 555 g/mol. The Balaban J connectivity index is 1.69. The number of esters is 1. The number of aryl methyl sites for hydroxylation is 1. The fourth-order valence-corrected chi connectivity index (χ4v) is 6.68. The fourth-order valence-electron chi connectivity index (χ4n) is 6.68. The second-order valence-electron chi connectivity index (χ2n) is 13.1. The van der Waals surface area contributed by atoms with Gasteiger partial charge >= 0.3 is 5.97 Å². The van der Waals surface area contributed by atoms with Gasteiger partial charge in [0.15, 0.2) is 11.6 Å².